The Bertz CT molecular complexity index is 1490. The quantitative estimate of drug-likeness (QED) is 0.240. The Hall–Kier alpha value is -4.23. The molecule has 0 unspecified atom stereocenters. The van der Waals surface area contributed by atoms with Crippen LogP contribution in [0.3, 0.4) is 0 Å². The minimum Gasteiger partial charge on any atom is -0.494 e. The van der Waals surface area contributed by atoms with Crippen LogP contribution in [0, 0.1) is 6.92 Å². The molecule has 0 N–H and O–H groups in total. The Morgan fingerprint density at radius 2 is 1.51 bits per heavy atom. The number of azo groups is 1. The molecule has 0 bridgehead atoms. The van der Waals surface area contributed by atoms with Gasteiger partial charge in [-0.25, -0.2) is 0 Å². The van der Waals surface area contributed by atoms with E-state index in [4.69, 9.17) is 15.0 Å². The zero-order chi connectivity index (χ0) is 27.2. The summed E-state index contributed by atoms with van der Waals surface area (Å²) >= 11 is 0. The summed E-state index contributed by atoms with van der Waals surface area (Å²) in [6.07, 6.45) is 0. The van der Waals surface area contributed by atoms with Crippen LogP contribution in [0.25, 0.3) is 16.8 Å². The molecule has 7 heteroatoms. The van der Waals surface area contributed by atoms with Crippen molar-refractivity contribution < 1.29 is 4.74 Å². The van der Waals surface area contributed by atoms with Crippen molar-refractivity contribution in [2.24, 2.45) is 10.2 Å². The molecule has 4 aromatic rings. The number of benzene rings is 3. The molecule has 0 atom stereocenters. The maximum atomic E-state index is 13.9. The predicted octanol–water partition coefficient (Wildman–Crippen LogP) is 6.77. The Labute approximate surface area is 230 Å². The predicted molar refractivity (Wildman–Crippen MR) is 158 cm³/mol. The zero-order valence-electron chi connectivity index (χ0n) is 22.9. The largest absolute Gasteiger partial charge is 0.494 e. The van der Waals surface area contributed by atoms with Gasteiger partial charge in [-0.2, -0.15) is 5.11 Å². The minimum atomic E-state index is -0.104. The summed E-state index contributed by atoms with van der Waals surface area (Å²) in [7, 11) is 0. The second kappa shape index (κ2) is 12.1. The average Bonchev–Trinajstić information content (AvgIpc) is 2.98. The molecule has 1 aliphatic rings. The van der Waals surface area contributed by atoms with Crippen LogP contribution in [0.4, 0.5) is 17.2 Å². The number of rotatable bonds is 8. The molecular weight excluding hydrogens is 486 g/mol. The lowest BCUT2D eigenvalue weighted by Crippen LogP contribution is -2.47. The summed E-state index contributed by atoms with van der Waals surface area (Å²) in [5.41, 5.74) is 4.86. The Morgan fingerprint density at radius 3 is 2.18 bits per heavy atom. The summed E-state index contributed by atoms with van der Waals surface area (Å²) in [4.78, 5) is 18.6. The van der Waals surface area contributed by atoms with Gasteiger partial charge in [0.25, 0.3) is 5.56 Å². The number of aromatic nitrogens is 1. The fourth-order valence-corrected chi connectivity index (χ4v) is 4.98. The summed E-state index contributed by atoms with van der Waals surface area (Å²) < 4.78 is 7.45. The highest BCUT2D eigenvalue weighted by atomic mass is 16.5. The molecule has 0 amide bonds. The molecule has 0 aliphatic carbocycles. The number of hydrogen-bond donors (Lipinski definition) is 0. The number of nitrogens with zero attached hydrogens (tertiary/aromatic N) is 5. The highest BCUT2D eigenvalue weighted by Gasteiger charge is 2.26. The molecule has 2 heterocycles. The smallest absolute Gasteiger partial charge is 0.257 e. The van der Waals surface area contributed by atoms with Crippen molar-refractivity contribution in [2.75, 3.05) is 44.2 Å². The second-order valence-corrected chi connectivity index (χ2v) is 9.60. The molecule has 1 aliphatic heterocycles. The van der Waals surface area contributed by atoms with Gasteiger partial charge in [-0.05, 0) is 61.9 Å². The number of para-hydroxylation sites is 1. The molecule has 200 valence electrons. The summed E-state index contributed by atoms with van der Waals surface area (Å²) in [6, 6.07) is 27.3. The van der Waals surface area contributed by atoms with E-state index in [-0.39, 0.29) is 5.56 Å². The van der Waals surface area contributed by atoms with Crippen molar-refractivity contribution in [3.05, 3.63) is 101 Å². The first-order chi connectivity index (χ1) is 19.1. The number of ether oxygens (including phenoxy) is 1. The fraction of sp³-hybridized carbons (Fsp3) is 0.281. The van der Waals surface area contributed by atoms with Crippen LogP contribution in [-0.4, -0.2) is 48.8 Å². The van der Waals surface area contributed by atoms with Crippen LogP contribution in [-0.2, 0) is 0 Å². The van der Waals surface area contributed by atoms with E-state index in [0.717, 1.165) is 72.4 Å². The third-order valence-corrected chi connectivity index (χ3v) is 7.15. The van der Waals surface area contributed by atoms with Crippen LogP contribution in [0.1, 0.15) is 19.4 Å². The molecule has 1 saturated heterocycles. The number of likely N-dealkylation sites (N-methyl/N-ethyl adjacent to an activating group) is 1. The first-order valence-electron chi connectivity index (χ1n) is 13.6. The van der Waals surface area contributed by atoms with E-state index in [1.165, 1.54) is 0 Å². The van der Waals surface area contributed by atoms with Crippen molar-refractivity contribution >= 4 is 17.2 Å². The first-order valence-corrected chi connectivity index (χ1v) is 13.6. The second-order valence-electron chi connectivity index (χ2n) is 9.60. The number of pyridine rings is 1. The van der Waals surface area contributed by atoms with Gasteiger partial charge in [-0.15, -0.1) is 5.11 Å². The minimum absolute atomic E-state index is 0.104. The van der Waals surface area contributed by atoms with Crippen LogP contribution in [0.15, 0.2) is 100.0 Å². The lowest BCUT2D eigenvalue weighted by atomic mass is 10.0. The standard InChI is InChI=1S/C32H35N5O2/c1-4-35-19-21-36(22-20-35)32-31(34-33-29-14-10-9-11-24(29)3)28(25-15-17-27(18-16-25)39-5-2)23-30(38)37(32)26-12-7-6-8-13-26/h6-18,23H,4-5,19-22H2,1-3H3. The first kappa shape index (κ1) is 26.4. The van der Waals surface area contributed by atoms with E-state index >= 15 is 0 Å². The highest BCUT2D eigenvalue weighted by Crippen LogP contribution is 2.40. The van der Waals surface area contributed by atoms with Crippen molar-refractivity contribution in [1.82, 2.24) is 9.47 Å². The molecule has 5 rings (SSSR count). The van der Waals surface area contributed by atoms with Gasteiger partial charge in [-0.3, -0.25) is 9.36 Å². The van der Waals surface area contributed by atoms with Crippen LogP contribution in [0.2, 0.25) is 0 Å². The molecule has 1 aromatic heterocycles. The molecular formula is C32H35N5O2. The van der Waals surface area contributed by atoms with E-state index in [1.807, 2.05) is 92.7 Å². The van der Waals surface area contributed by atoms with Crippen LogP contribution >= 0.6 is 0 Å². The van der Waals surface area contributed by atoms with Gasteiger partial charge < -0.3 is 14.5 Å². The van der Waals surface area contributed by atoms with Gasteiger partial charge in [0.2, 0.25) is 0 Å². The van der Waals surface area contributed by atoms with Gasteiger partial charge in [-0.1, -0.05) is 55.5 Å². The molecule has 1 fully saturated rings. The van der Waals surface area contributed by atoms with E-state index in [9.17, 15) is 4.79 Å². The maximum absolute atomic E-state index is 13.9. The molecule has 0 saturated carbocycles. The van der Waals surface area contributed by atoms with Crippen molar-refractivity contribution in [1.29, 1.82) is 0 Å². The highest BCUT2D eigenvalue weighted by molar-refractivity contribution is 5.84. The molecule has 0 spiro atoms. The van der Waals surface area contributed by atoms with Crippen molar-refractivity contribution in [2.45, 2.75) is 20.8 Å². The normalized spacial score (nSPS) is 14.2. The molecule has 3 aromatic carbocycles. The van der Waals surface area contributed by atoms with Gasteiger partial charge in [0, 0.05) is 37.8 Å². The van der Waals surface area contributed by atoms with Crippen LogP contribution in [0.5, 0.6) is 5.75 Å². The average molecular weight is 522 g/mol. The van der Waals surface area contributed by atoms with Gasteiger partial charge in [0.1, 0.15) is 17.3 Å². The number of piperazine rings is 1. The van der Waals surface area contributed by atoms with E-state index in [0.29, 0.717) is 12.3 Å². The summed E-state index contributed by atoms with van der Waals surface area (Å²) in [6.45, 7) is 11.2. The fourth-order valence-electron chi connectivity index (χ4n) is 4.98. The number of aryl methyl sites for hydroxylation is 1. The molecule has 39 heavy (non-hydrogen) atoms. The molecule has 7 nitrogen and oxygen atoms in total. The topological polar surface area (TPSA) is 62.4 Å². The number of anilines is 1. The van der Waals surface area contributed by atoms with Gasteiger partial charge in [0.15, 0.2) is 0 Å². The van der Waals surface area contributed by atoms with E-state index in [2.05, 4.69) is 16.7 Å². The molecule has 0 radical (unpaired) electrons. The van der Waals surface area contributed by atoms with Crippen molar-refractivity contribution in [3.63, 3.8) is 0 Å². The monoisotopic (exact) mass is 521 g/mol. The SMILES string of the molecule is CCOc1ccc(-c2cc(=O)n(-c3ccccc3)c(N3CCN(CC)CC3)c2N=Nc2ccccc2C)cc1. The van der Waals surface area contributed by atoms with Crippen LogP contribution < -0.4 is 15.2 Å². The Morgan fingerprint density at radius 1 is 0.821 bits per heavy atom. The maximum Gasteiger partial charge on any atom is 0.257 e. The van der Waals surface area contributed by atoms with Gasteiger partial charge >= 0.3 is 0 Å². The third-order valence-electron chi connectivity index (χ3n) is 7.15. The number of hydrogen-bond acceptors (Lipinski definition) is 6. The van der Waals surface area contributed by atoms with E-state index < -0.39 is 0 Å². The third kappa shape index (κ3) is 5.78. The van der Waals surface area contributed by atoms with E-state index in [1.54, 1.807) is 10.6 Å². The van der Waals surface area contributed by atoms with Gasteiger partial charge in [0.05, 0.1) is 18.0 Å². The lowest BCUT2D eigenvalue weighted by molar-refractivity contribution is 0.270. The summed E-state index contributed by atoms with van der Waals surface area (Å²) in [5.74, 6) is 1.56. The zero-order valence-corrected chi connectivity index (χ0v) is 22.9. The Balaban J connectivity index is 1.75. The van der Waals surface area contributed by atoms with Crippen molar-refractivity contribution in [3.8, 4) is 22.6 Å². The Kier molecular flexibility index (Phi) is 8.18. The lowest BCUT2D eigenvalue weighted by Gasteiger charge is -2.37. The summed E-state index contributed by atoms with van der Waals surface area (Å²) in [5, 5.41) is 9.60.